The number of nitrogens with one attached hydrogen (secondary N) is 2. The van der Waals surface area contributed by atoms with Crippen LogP contribution in [-0.4, -0.2) is 20.2 Å². The second-order valence-corrected chi connectivity index (χ2v) is 7.23. The Balaban J connectivity index is 2.05. The van der Waals surface area contributed by atoms with Crippen molar-refractivity contribution in [2.45, 2.75) is 33.6 Å². The molecule has 0 aromatic heterocycles. The van der Waals surface area contributed by atoms with Gasteiger partial charge in [-0.15, -0.1) is 0 Å². The van der Waals surface area contributed by atoms with E-state index in [-0.39, 0.29) is 0 Å². The first kappa shape index (κ1) is 19.9. The van der Waals surface area contributed by atoms with Crippen molar-refractivity contribution in [1.82, 2.24) is 10.6 Å². The van der Waals surface area contributed by atoms with Crippen molar-refractivity contribution >= 4 is 11.3 Å². The molecule has 0 amide bonds. The van der Waals surface area contributed by atoms with Crippen molar-refractivity contribution in [3.63, 3.8) is 0 Å². The monoisotopic (exact) mass is 352 g/mol. The van der Waals surface area contributed by atoms with Gasteiger partial charge >= 0.3 is 0 Å². The predicted octanol–water partition coefficient (Wildman–Crippen LogP) is 5.14. The molecule has 1 aromatic carbocycles. The van der Waals surface area contributed by atoms with Crippen LogP contribution in [0.1, 0.15) is 44.7 Å². The molecule has 0 radical (unpaired) electrons. The van der Waals surface area contributed by atoms with Crippen LogP contribution in [0.2, 0.25) is 0 Å². The molecule has 0 atom stereocenters. The molecule has 3 heteroatoms. The maximum absolute atomic E-state index is 5.98. The van der Waals surface area contributed by atoms with Crippen molar-refractivity contribution in [3.05, 3.63) is 65.9 Å². The van der Waals surface area contributed by atoms with Crippen molar-refractivity contribution in [3.8, 4) is 5.75 Å². The third-order valence-electron chi connectivity index (χ3n) is 4.52. The number of hydrogen-bond donors (Lipinski definition) is 2. The second kappa shape index (κ2) is 9.33. The van der Waals surface area contributed by atoms with Crippen LogP contribution in [0.25, 0.3) is 11.3 Å². The standard InChI is InChI=1S/C23H32N2O/c1-16(2)21-11-22(13-23(12-21)26-15-20-9-10-20)19(5)25-14-17(3)7-8-18(4)24-6/h7-8,11-13,20,24-25H,1,5,9-10,14-15H2,2-4,6H3/b17-7+,18-8-. The molecule has 1 aliphatic carbocycles. The highest BCUT2D eigenvalue weighted by Crippen LogP contribution is 2.31. The van der Waals surface area contributed by atoms with E-state index in [9.17, 15) is 0 Å². The highest BCUT2D eigenvalue weighted by atomic mass is 16.5. The van der Waals surface area contributed by atoms with E-state index in [0.29, 0.717) is 0 Å². The summed E-state index contributed by atoms with van der Waals surface area (Å²) in [5.74, 6) is 1.63. The van der Waals surface area contributed by atoms with Gasteiger partial charge in [0.25, 0.3) is 0 Å². The summed E-state index contributed by atoms with van der Waals surface area (Å²) in [7, 11) is 1.92. The van der Waals surface area contributed by atoms with Gasteiger partial charge in [0.15, 0.2) is 0 Å². The number of rotatable bonds is 10. The van der Waals surface area contributed by atoms with E-state index in [4.69, 9.17) is 4.74 Å². The molecule has 2 N–H and O–H groups in total. The van der Waals surface area contributed by atoms with Crippen LogP contribution >= 0.6 is 0 Å². The summed E-state index contributed by atoms with van der Waals surface area (Å²) in [6.07, 6.45) is 6.76. The quantitative estimate of drug-likeness (QED) is 0.572. The first-order valence-electron chi connectivity index (χ1n) is 9.27. The summed E-state index contributed by atoms with van der Waals surface area (Å²) in [4.78, 5) is 0. The molecule has 0 bridgehead atoms. The second-order valence-electron chi connectivity index (χ2n) is 7.23. The molecule has 0 heterocycles. The topological polar surface area (TPSA) is 33.3 Å². The maximum Gasteiger partial charge on any atom is 0.120 e. The molecule has 2 rings (SSSR count). The number of benzene rings is 1. The average molecular weight is 353 g/mol. The van der Waals surface area contributed by atoms with Gasteiger partial charge in [-0.3, -0.25) is 0 Å². The van der Waals surface area contributed by atoms with E-state index in [1.807, 2.05) is 20.9 Å². The van der Waals surface area contributed by atoms with Crippen molar-refractivity contribution in [2.75, 3.05) is 20.2 Å². The Kier molecular flexibility index (Phi) is 7.14. The lowest BCUT2D eigenvalue weighted by molar-refractivity contribution is 0.299. The summed E-state index contributed by atoms with van der Waals surface area (Å²) >= 11 is 0. The lowest BCUT2D eigenvalue weighted by Gasteiger charge is -2.14. The molecular formula is C23H32N2O. The minimum atomic E-state index is 0.732. The van der Waals surface area contributed by atoms with Gasteiger partial charge in [0.1, 0.15) is 5.75 Å². The zero-order valence-corrected chi connectivity index (χ0v) is 16.6. The first-order chi connectivity index (χ1) is 12.4. The van der Waals surface area contributed by atoms with E-state index in [1.54, 1.807) is 0 Å². The van der Waals surface area contributed by atoms with Gasteiger partial charge in [0.05, 0.1) is 6.61 Å². The normalized spacial score (nSPS) is 14.8. The zero-order chi connectivity index (χ0) is 19.1. The number of ether oxygens (including phenoxy) is 1. The van der Waals surface area contributed by atoms with Gasteiger partial charge in [0.2, 0.25) is 0 Å². The predicted molar refractivity (Wildman–Crippen MR) is 113 cm³/mol. The van der Waals surface area contributed by atoms with Crippen molar-refractivity contribution < 1.29 is 4.74 Å². The van der Waals surface area contributed by atoms with E-state index in [0.717, 1.165) is 52.9 Å². The van der Waals surface area contributed by atoms with Crippen molar-refractivity contribution in [1.29, 1.82) is 0 Å². The molecule has 140 valence electrons. The third kappa shape index (κ3) is 6.47. The Morgan fingerprint density at radius 2 is 1.81 bits per heavy atom. The minimum Gasteiger partial charge on any atom is -0.493 e. The molecule has 1 aromatic rings. The Hall–Kier alpha value is -2.42. The van der Waals surface area contributed by atoms with Crippen LogP contribution in [0.3, 0.4) is 0 Å². The Morgan fingerprint density at radius 3 is 2.42 bits per heavy atom. The summed E-state index contributed by atoms with van der Waals surface area (Å²) < 4.78 is 5.98. The van der Waals surface area contributed by atoms with Gasteiger partial charge in [-0.05, 0) is 69.4 Å². The van der Waals surface area contributed by atoms with Gasteiger partial charge in [0, 0.05) is 30.5 Å². The van der Waals surface area contributed by atoms with Gasteiger partial charge in [-0.1, -0.05) is 30.4 Å². The zero-order valence-electron chi connectivity index (χ0n) is 16.6. The van der Waals surface area contributed by atoms with Gasteiger partial charge in [-0.25, -0.2) is 0 Å². The summed E-state index contributed by atoms with van der Waals surface area (Å²) in [5, 5.41) is 6.53. The molecule has 0 aliphatic heterocycles. The third-order valence-corrected chi connectivity index (χ3v) is 4.52. The van der Waals surface area contributed by atoms with Crippen molar-refractivity contribution in [2.24, 2.45) is 5.92 Å². The lowest BCUT2D eigenvalue weighted by atomic mass is 10.0. The van der Waals surface area contributed by atoms with Gasteiger partial charge < -0.3 is 15.4 Å². The highest BCUT2D eigenvalue weighted by Gasteiger charge is 2.22. The maximum atomic E-state index is 5.98. The number of allylic oxidation sites excluding steroid dienone is 4. The largest absolute Gasteiger partial charge is 0.493 e. The molecule has 1 aliphatic rings. The SMILES string of the molecule is C=C(C)c1cc(OCC2CC2)cc(C(=C)NC/C(C)=C/C=C(/C)NC)c1. The molecule has 0 spiro atoms. The Morgan fingerprint density at radius 1 is 1.12 bits per heavy atom. The van der Waals surface area contributed by atoms with Crippen LogP contribution in [0.15, 0.2) is 54.8 Å². The van der Waals surface area contributed by atoms with Crippen LogP contribution in [-0.2, 0) is 0 Å². The van der Waals surface area contributed by atoms with Crippen LogP contribution < -0.4 is 15.4 Å². The summed E-state index contributed by atoms with van der Waals surface area (Å²) in [6, 6.07) is 6.25. The fourth-order valence-corrected chi connectivity index (χ4v) is 2.36. The Labute approximate surface area is 158 Å². The molecule has 0 saturated heterocycles. The first-order valence-corrected chi connectivity index (χ1v) is 9.27. The average Bonchev–Trinajstić information content (AvgIpc) is 3.46. The summed E-state index contributed by atoms with van der Waals surface area (Å²) in [5.41, 5.74) is 6.44. The smallest absolute Gasteiger partial charge is 0.120 e. The fraction of sp³-hybridized carbons (Fsp3) is 0.391. The van der Waals surface area contributed by atoms with Gasteiger partial charge in [-0.2, -0.15) is 0 Å². The lowest BCUT2D eigenvalue weighted by Crippen LogP contribution is -2.14. The fourth-order valence-electron chi connectivity index (χ4n) is 2.36. The molecular weight excluding hydrogens is 320 g/mol. The van der Waals surface area contributed by atoms with Crippen LogP contribution in [0.4, 0.5) is 0 Å². The molecule has 1 fully saturated rings. The highest BCUT2D eigenvalue weighted by molar-refractivity contribution is 5.71. The van der Waals surface area contributed by atoms with E-state index < -0.39 is 0 Å². The summed E-state index contributed by atoms with van der Waals surface area (Å²) in [6.45, 7) is 16.0. The van der Waals surface area contributed by atoms with Crippen LogP contribution in [0, 0.1) is 5.92 Å². The Bertz CT molecular complexity index is 724. The molecule has 0 unspecified atom stereocenters. The van der Waals surface area contributed by atoms with E-state index in [2.05, 4.69) is 61.1 Å². The number of hydrogen-bond acceptors (Lipinski definition) is 3. The van der Waals surface area contributed by atoms with Crippen LogP contribution in [0.5, 0.6) is 5.75 Å². The molecule has 3 nitrogen and oxygen atoms in total. The molecule has 1 saturated carbocycles. The van der Waals surface area contributed by atoms with E-state index in [1.165, 1.54) is 18.4 Å². The molecule has 26 heavy (non-hydrogen) atoms. The van der Waals surface area contributed by atoms with E-state index >= 15 is 0 Å². The minimum absolute atomic E-state index is 0.732.